The van der Waals surface area contributed by atoms with Gasteiger partial charge in [-0.1, -0.05) is 18.2 Å². The summed E-state index contributed by atoms with van der Waals surface area (Å²) < 4.78 is 0. The van der Waals surface area contributed by atoms with Crippen molar-refractivity contribution < 1.29 is 14.7 Å². The molecule has 3 rings (SSSR count). The molecular weight excluding hydrogens is 292 g/mol. The van der Waals surface area contributed by atoms with Crippen molar-refractivity contribution in [2.45, 2.75) is 44.6 Å². The fourth-order valence-corrected chi connectivity index (χ4v) is 3.33. The van der Waals surface area contributed by atoms with Gasteiger partial charge in [-0.3, -0.25) is 9.59 Å². The van der Waals surface area contributed by atoms with E-state index in [2.05, 4.69) is 5.32 Å². The standard InChI is InChI=1S/C18H24N2O3/c1-18(12-21,14-7-8-14)19-16(22)10-11-20-15-5-3-2-4-13(15)6-9-17(20)23/h2-5,14,21H,6-12H2,1H3,(H,19,22). The van der Waals surface area contributed by atoms with Gasteiger partial charge in [0.05, 0.1) is 12.1 Å². The Labute approximate surface area is 136 Å². The van der Waals surface area contributed by atoms with E-state index in [0.717, 1.165) is 30.5 Å². The van der Waals surface area contributed by atoms with Crippen molar-refractivity contribution in [2.75, 3.05) is 18.1 Å². The second kappa shape index (κ2) is 6.32. The Morgan fingerprint density at radius 2 is 2.09 bits per heavy atom. The Kier molecular flexibility index (Phi) is 4.39. The molecule has 2 amide bonds. The van der Waals surface area contributed by atoms with Crippen LogP contribution in [0.5, 0.6) is 0 Å². The maximum absolute atomic E-state index is 12.3. The molecule has 1 saturated carbocycles. The Balaban J connectivity index is 1.61. The summed E-state index contributed by atoms with van der Waals surface area (Å²) in [5.74, 6) is 0.335. The smallest absolute Gasteiger partial charge is 0.227 e. The lowest BCUT2D eigenvalue weighted by atomic mass is 9.96. The quantitative estimate of drug-likeness (QED) is 0.838. The summed E-state index contributed by atoms with van der Waals surface area (Å²) in [6, 6.07) is 7.86. The molecule has 23 heavy (non-hydrogen) atoms. The molecule has 1 aliphatic heterocycles. The highest BCUT2D eigenvalue weighted by Crippen LogP contribution is 2.39. The number of aliphatic hydroxyl groups is 1. The lowest BCUT2D eigenvalue weighted by Gasteiger charge is -2.31. The summed E-state index contributed by atoms with van der Waals surface area (Å²) in [4.78, 5) is 26.1. The van der Waals surface area contributed by atoms with Gasteiger partial charge in [0.2, 0.25) is 11.8 Å². The Bertz CT molecular complexity index is 612. The lowest BCUT2D eigenvalue weighted by Crippen LogP contribution is -2.51. The zero-order valence-corrected chi connectivity index (χ0v) is 13.5. The molecule has 1 atom stereocenters. The molecule has 5 nitrogen and oxygen atoms in total. The van der Waals surface area contributed by atoms with Crippen LogP contribution in [0.25, 0.3) is 0 Å². The van der Waals surface area contributed by atoms with Crippen LogP contribution in [0, 0.1) is 5.92 Å². The van der Waals surface area contributed by atoms with Gasteiger partial charge in [0.25, 0.3) is 0 Å². The fourth-order valence-electron chi connectivity index (χ4n) is 3.33. The molecule has 0 saturated heterocycles. The van der Waals surface area contributed by atoms with Crippen LogP contribution >= 0.6 is 0 Å². The van der Waals surface area contributed by atoms with Crippen molar-refractivity contribution in [2.24, 2.45) is 5.92 Å². The van der Waals surface area contributed by atoms with Crippen LogP contribution in [0.1, 0.15) is 38.2 Å². The predicted molar refractivity (Wildman–Crippen MR) is 88.1 cm³/mol. The third-order valence-corrected chi connectivity index (χ3v) is 4.99. The maximum Gasteiger partial charge on any atom is 0.227 e. The minimum absolute atomic E-state index is 0.0467. The first-order chi connectivity index (χ1) is 11.0. The van der Waals surface area contributed by atoms with Crippen molar-refractivity contribution in [3.63, 3.8) is 0 Å². The number of hydrogen-bond donors (Lipinski definition) is 2. The molecule has 1 aromatic rings. The highest BCUT2D eigenvalue weighted by Gasteiger charge is 2.42. The van der Waals surface area contributed by atoms with Crippen LogP contribution in [0.15, 0.2) is 24.3 Å². The highest BCUT2D eigenvalue weighted by molar-refractivity contribution is 5.97. The van der Waals surface area contributed by atoms with Gasteiger partial charge in [0.15, 0.2) is 0 Å². The number of carbonyl (C=O) groups is 2. The van der Waals surface area contributed by atoms with Gasteiger partial charge < -0.3 is 15.3 Å². The van der Waals surface area contributed by atoms with E-state index >= 15 is 0 Å². The number of carbonyl (C=O) groups excluding carboxylic acids is 2. The molecule has 2 aliphatic rings. The molecule has 1 heterocycles. The minimum Gasteiger partial charge on any atom is -0.394 e. The molecule has 1 unspecified atom stereocenters. The Morgan fingerprint density at radius 3 is 2.78 bits per heavy atom. The third-order valence-electron chi connectivity index (χ3n) is 4.99. The van der Waals surface area contributed by atoms with E-state index in [0.29, 0.717) is 18.9 Å². The van der Waals surface area contributed by atoms with E-state index in [1.165, 1.54) is 0 Å². The van der Waals surface area contributed by atoms with Gasteiger partial charge in [0, 0.05) is 25.1 Å². The normalized spacial score (nSPS) is 19.9. The van der Waals surface area contributed by atoms with Crippen molar-refractivity contribution >= 4 is 17.5 Å². The summed E-state index contributed by atoms with van der Waals surface area (Å²) in [5, 5.41) is 12.5. The molecule has 5 heteroatoms. The van der Waals surface area contributed by atoms with Crippen LogP contribution in [0.2, 0.25) is 0 Å². The molecule has 0 aromatic heterocycles. The van der Waals surface area contributed by atoms with E-state index < -0.39 is 5.54 Å². The number of nitrogens with one attached hydrogen (secondary N) is 1. The first-order valence-corrected chi connectivity index (χ1v) is 8.33. The largest absolute Gasteiger partial charge is 0.394 e. The molecule has 1 aliphatic carbocycles. The summed E-state index contributed by atoms with van der Waals surface area (Å²) in [6.45, 7) is 2.23. The van der Waals surface area contributed by atoms with Crippen LogP contribution < -0.4 is 10.2 Å². The molecule has 124 valence electrons. The van der Waals surface area contributed by atoms with Crippen molar-refractivity contribution in [3.8, 4) is 0 Å². The average molecular weight is 316 g/mol. The molecule has 1 aromatic carbocycles. The zero-order chi connectivity index (χ0) is 16.4. The third kappa shape index (κ3) is 3.39. The second-order valence-corrected chi connectivity index (χ2v) is 6.82. The first kappa shape index (κ1) is 16.0. The van der Waals surface area contributed by atoms with Gasteiger partial charge in [-0.25, -0.2) is 0 Å². The molecule has 0 spiro atoms. The first-order valence-electron chi connectivity index (χ1n) is 8.33. The number of hydrogen-bond acceptors (Lipinski definition) is 3. The summed E-state index contributed by atoms with van der Waals surface area (Å²) in [6.07, 6.45) is 3.62. The average Bonchev–Trinajstić information content (AvgIpc) is 3.39. The number of amides is 2. The van der Waals surface area contributed by atoms with Gasteiger partial charge in [0.1, 0.15) is 0 Å². The number of rotatable bonds is 6. The minimum atomic E-state index is -0.527. The number of anilines is 1. The van der Waals surface area contributed by atoms with Gasteiger partial charge in [-0.2, -0.15) is 0 Å². The topological polar surface area (TPSA) is 69.6 Å². The molecule has 0 bridgehead atoms. The summed E-state index contributed by atoms with van der Waals surface area (Å²) >= 11 is 0. The van der Waals surface area contributed by atoms with Gasteiger partial charge in [-0.15, -0.1) is 0 Å². The molecule has 0 radical (unpaired) electrons. The SMILES string of the molecule is CC(CO)(NC(=O)CCN1C(=O)CCc2ccccc21)C1CC1. The number of nitrogens with zero attached hydrogens (tertiary/aromatic N) is 1. The Hall–Kier alpha value is -1.88. The van der Waals surface area contributed by atoms with Crippen LogP contribution in [0.4, 0.5) is 5.69 Å². The van der Waals surface area contributed by atoms with E-state index in [1.54, 1.807) is 4.90 Å². The van der Waals surface area contributed by atoms with E-state index in [-0.39, 0.29) is 24.8 Å². The predicted octanol–water partition coefficient (Wildman–Crippen LogP) is 1.63. The summed E-state index contributed by atoms with van der Waals surface area (Å²) in [5.41, 5.74) is 1.55. The van der Waals surface area contributed by atoms with Crippen LogP contribution in [-0.2, 0) is 16.0 Å². The van der Waals surface area contributed by atoms with Gasteiger partial charge >= 0.3 is 0 Å². The van der Waals surface area contributed by atoms with Crippen LogP contribution in [0.3, 0.4) is 0 Å². The van der Waals surface area contributed by atoms with Crippen LogP contribution in [-0.4, -0.2) is 35.6 Å². The molecule has 2 N–H and O–H groups in total. The highest BCUT2D eigenvalue weighted by atomic mass is 16.3. The zero-order valence-electron chi connectivity index (χ0n) is 13.5. The molecule has 1 fully saturated rings. The van der Waals surface area contributed by atoms with E-state index in [1.807, 2.05) is 31.2 Å². The lowest BCUT2D eigenvalue weighted by molar-refractivity contribution is -0.123. The number of aliphatic hydroxyl groups excluding tert-OH is 1. The summed E-state index contributed by atoms with van der Waals surface area (Å²) in [7, 11) is 0. The number of benzene rings is 1. The van der Waals surface area contributed by atoms with Crippen molar-refractivity contribution in [1.29, 1.82) is 0 Å². The number of para-hydroxylation sites is 1. The van der Waals surface area contributed by atoms with Gasteiger partial charge in [-0.05, 0) is 43.7 Å². The van der Waals surface area contributed by atoms with E-state index in [4.69, 9.17) is 0 Å². The number of fused-ring (bicyclic) bond motifs is 1. The fraction of sp³-hybridized carbons (Fsp3) is 0.556. The monoisotopic (exact) mass is 316 g/mol. The number of aryl methyl sites for hydroxylation is 1. The maximum atomic E-state index is 12.3. The van der Waals surface area contributed by atoms with E-state index in [9.17, 15) is 14.7 Å². The second-order valence-electron chi connectivity index (χ2n) is 6.82. The Morgan fingerprint density at radius 1 is 1.35 bits per heavy atom. The molecular formula is C18H24N2O3. The van der Waals surface area contributed by atoms with Crippen molar-refractivity contribution in [3.05, 3.63) is 29.8 Å². The van der Waals surface area contributed by atoms with Crippen molar-refractivity contribution in [1.82, 2.24) is 5.32 Å².